The molecule has 0 saturated heterocycles. The lowest BCUT2D eigenvalue weighted by Gasteiger charge is -1.98. The van der Waals surface area contributed by atoms with Crippen LogP contribution >= 0.6 is 0 Å². The van der Waals surface area contributed by atoms with Crippen LogP contribution < -0.4 is 0 Å². The van der Waals surface area contributed by atoms with Crippen LogP contribution in [0, 0.1) is 5.82 Å². The fourth-order valence-corrected chi connectivity index (χ4v) is 1.27. The lowest BCUT2D eigenvalue weighted by atomic mass is 10.2. The van der Waals surface area contributed by atoms with Crippen LogP contribution in [0.4, 0.5) is 4.39 Å². The van der Waals surface area contributed by atoms with Crippen molar-refractivity contribution in [2.45, 2.75) is 32.6 Å². The van der Waals surface area contributed by atoms with Crippen molar-refractivity contribution in [1.29, 1.82) is 0 Å². The molecule has 0 unspecified atom stereocenters. The molecule has 0 bridgehead atoms. The molecule has 0 aromatic heterocycles. The first kappa shape index (κ1) is 12.7. The number of hydrogen-bond donors (Lipinski definition) is 0. The summed E-state index contributed by atoms with van der Waals surface area (Å²) in [6, 6.07) is 6.35. The maximum absolute atomic E-state index is 13.1. The molecule has 0 aliphatic heterocycles. The van der Waals surface area contributed by atoms with Gasteiger partial charge in [0.15, 0.2) is 0 Å². The second-order valence-electron chi connectivity index (χ2n) is 3.58. The molecule has 0 N–H and O–H groups in total. The first-order chi connectivity index (χ1) is 7.84. The van der Waals surface area contributed by atoms with E-state index in [9.17, 15) is 4.39 Å². The van der Waals surface area contributed by atoms with Crippen LogP contribution in [0.15, 0.2) is 29.4 Å². The molecule has 0 aliphatic carbocycles. The van der Waals surface area contributed by atoms with E-state index in [1.807, 2.05) is 0 Å². The summed E-state index contributed by atoms with van der Waals surface area (Å²) in [6.07, 6.45) is 7.07. The van der Waals surface area contributed by atoms with E-state index < -0.39 is 0 Å². The fraction of sp³-hybridized carbons (Fsp3) is 0.462. The van der Waals surface area contributed by atoms with Crippen LogP contribution in [0.25, 0.3) is 0 Å². The topological polar surface area (TPSA) is 21.6 Å². The minimum atomic E-state index is -0.333. The molecule has 0 spiro atoms. The minimum absolute atomic E-state index is 0.330. The van der Waals surface area contributed by atoms with Crippen LogP contribution in [0.5, 0.6) is 0 Å². The van der Waals surface area contributed by atoms with E-state index in [0.717, 1.165) is 12.8 Å². The van der Waals surface area contributed by atoms with Crippen LogP contribution in [-0.2, 0) is 4.84 Å². The lowest BCUT2D eigenvalue weighted by molar-refractivity contribution is 0.141. The molecule has 1 aromatic rings. The highest BCUT2D eigenvalue weighted by Crippen LogP contribution is 2.03. The standard InChI is InChI=1S/C13H17FNO/c1-2-3-4-7-10-16-15-11-12-8-5-6-9-13(12)14/h5-6,8-9H,2-4,7,10H2,1H3. The summed E-state index contributed by atoms with van der Waals surface area (Å²) in [5.41, 5.74) is 0.330. The van der Waals surface area contributed by atoms with E-state index in [-0.39, 0.29) is 5.82 Å². The van der Waals surface area contributed by atoms with Crippen LogP contribution in [0.2, 0.25) is 0 Å². The number of benzene rings is 1. The summed E-state index contributed by atoms with van der Waals surface area (Å²) in [4.78, 5) is 4.99. The number of nitrogens with zero attached hydrogens (tertiary/aromatic N) is 1. The first-order valence-corrected chi connectivity index (χ1v) is 5.67. The Kier molecular flexibility index (Phi) is 6.23. The second-order valence-corrected chi connectivity index (χ2v) is 3.58. The van der Waals surface area contributed by atoms with Crippen molar-refractivity contribution < 1.29 is 9.23 Å². The molecular formula is C13H17FNO. The Hall–Kier alpha value is -1.38. The first-order valence-electron chi connectivity index (χ1n) is 5.67. The van der Waals surface area contributed by atoms with Gasteiger partial charge in [-0.15, -0.1) is 0 Å². The number of hydrogen-bond acceptors (Lipinski definition) is 2. The largest absolute Gasteiger partial charge is 0.395 e. The molecule has 0 saturated carbocycles. The zero-order valence-electron chi connectivity index (χ0n) is 9.58. The predicted octanol–water partition coefficient (Wildman–Crippen LogP) is 3.63. The summed E-state index contributed by atoms with van der Waals surface area (Å²) in [5, 5.41) is 3.61. The van der Waals surface area contributed by atoms with E-state index in [1.165, 1.54) is 18.9 Å². The molecule has 16 heavy (non-hydrogen) atoms. The van der Waals surface area contributed by atoms with Gasteiger partial charge in [0.2, 0.25) is 0 Å². The molecule has 1 radical (unpaired) electrons. The summed E-state index contributed by atoms with van der Waals surface area (Å²) in [5.74, 6) is -0.333. The quantitative estimate of drug-likeness (QED) is 0.392. The van der Waals surface area contributed by atoms with Crippen molar-refractivity contribution in [2.24, 2.45) is 5.16 Å². The minimum Gasteiger partial charge on any atom is -0.395 e. The summed E-state index contributed by atoms with van der Waals surface area (Å²) >= 11 is 0. The van der Waals surface area contributed by atoms with Crippen molar-refractivity contribution in [1.82, 2.24) is 0 Å². The highest BCUT2D eigenvalue weighted by atomic mass is 19.1. The average molecular weight is 222 g/mol. The van der Waals surface area contributed by atoms with Crippen molar-refractivity contribution >= 4 is 6.21 Å². The third-order valence-corrected chi connectivity index (χ3v) is 2.19. The molecule has 0 aliphatic rings. The third-order valence-electron chi connectivity index (χ3n) is 2.19. The number of unbranched alkanes of at least 4 members (excludes halogenated alkanes) is 3. The Bertz CT molecular complexity index is 325. The Morgan fingerprint density at radius 2 is 2.06 bits per heavy atom. The van der Waals surface area contributed by atoms with Gasteiger partial charge in [0.1, 0.15) is 18.6 Å². The summed E-state index contributed by atoms with van der Waals surface area (Å²) < 4.78 is 13.1. The van der Waals surface area contributed by atoms with E-state index in [4.69, 9.17) is 4.84 Å². The van der Waals surface area contributed by atoms with Gasteiger partial charge in [0.25, 0.3) is 0 Å². The van der Waals surface area contributed by atoms with Gasteiger partial charge in [-0.1, -0.05) is 37.1 Å². The third kappa shape index (κ3) is 4.91. The van der Waals surface area contributed by atoms with Crippen LogP contribution in [0.1, 0.15) is 38.2 Å². The van der Waals surface area contributed by atoms with Gasteiger partial charge in [0, 0.05) is 5.56 Å². The van der Waals surface area contributed by atoms with E-state index in [2.05, 4.69) is 18.3 Å². The van der Waals surface area contributed by atoms with E-state index in [1.54, 1.807) is 18.2 Å². The monoisotopic (exact) mass is 222 g/mol. The Morgan fingerprint density at radius 1 is 1.25 bits per heavy atom. The molecule has 0 amide bonds. The summed E-state index contributed by atoms with van der Waals surface area (Å²) in [6.45, 7) is 2.73. The molecule has 87 valence electrons. The highest BCUT2D eigenvalue weighted by Gasteiger charge is 1.96. The van der Waals surface area contributed by atoms with Gasteiger partial charge in [-0.3, -0.25) is 0 Å². The van der Waals surface area contributed by atoms with E-state index in [0.29, 0.717) is 12.2 Å². The molecule has 1 aromatic carbocycles. The fourth-order valence-electron chi connectivity index (χ4n) is 1.27. The van der Waals surface area contributed by atoms with Crippen molar-refractivity contribution in [3.05, 3.63) is 35.6 Å². The Labute approximate surface area is 96.1 Å². The second kappa shape index (κ2) is 7.85. The van der Waals surface area contributed by atoms with Crippen molar-refractivity contribution in [3.63, 3.8) is 0 Å². The Balaban J connectivity index is 2.20. The normalized spacial score (nSPS) is 10.9. The predicted molar refractivity (Wildman–Crippen MR) is 63.0 cm³/mol. The van der Waals surface area contributed by atoms with Gasteiger partial charge in [0.05, 0.1) is 0 Å². The molecule has 0 fully saturated rings. The smallest absolute Gasteiger partial charge is 0.142 e. The molecule has 0 heterocycles. The number of halogens is 1. The SMILES string of the molecule is CCCCCCO/N=[C]/c1ccccc1F. The van der Waals surface area contributed by atoms with Gasteiger partial charge in [-0.05, 0) is 25.0 Å². The molecule has 2 nitrogen and oxygen atoms in total. The van der Waals surface area contributed by atoms with E-state index >= 15 is 0 Å². The molecule has 1 rings (SSSR count). The maximum Gasteiger partial charge on any atom is 0.142 e. The zero-order chi connectivity index (χ0) is 11.6. The maximum atomic E-state index is 13.1. The van der Waals surface area contributed by atoms with Crippen LogP contribution in [-0.4, -0.2) is 12.8 Å². The van der Waals surface area contributed by atoms with Crippen molar-refractivity contribution in [2.75, 3.05) is 6.61 Å². The van der Waals surface area contributed by atoms with Gasteiger partial charge in [-0.25, -0.2) is 4.39 Å². The molecule has 0 atom stereocenters. The molecular weight excluding hydrogens is 205 g/mol. The Morgan fingerprint density at radius 3 is 2.81 bits per heavy atom. The molecule has 3 heteroatoms. The van der Waals surface area contributed by atoms with Crippen LogP contribution in [0.3, 0.4) is 0 Å². The lowest BCUT2D eigenvalue weighted by Crippen LogP contribution is -1.91. The zero-order valence-corrected chi connectivity index (χ0v) is 9.58. The van der Waals surface area contributed by atoms with Crippen molar-refractivity contribution in [3.8, 4) is 0 Å². The van der Waals surface area contributed by atoms with Gasteiger partial charge in [-0.2, -0.15) is 0 Å². The highest BCUT2D eigenvalue weighted by molar-refractivity contribution is 5.79. The van der Waals surface area contributed by atoms with Gasteiger partial charge >= 0.3 is 0 Å². The number of rotatable bonds is 7. The van der Waals surface area contributed by atoms with Gasteiger partial charge < -0.3 is 4.84 Å². The summed E-state index contributed by atoms with van der Waals surface area (Å²) in [7, 11) is 0. The average Bonchev–Trinajstić information content (AvgIpc) is 2.30.